The number of hydrogen-bond acceptors (Lipinski definition) is 5. The molecule has 0 amide bonds. The molecule has 7 nitrogen and oxygen atoms in total. The first kappa shape index (κ1) is 10.7. The number of aromatic amines is 1. The zero-order valence-electron chi connectivity index (χ0n) is 10.1. The molecule has 3 heterocycles. The first-order chi connectivity index (χ1) is 8.74. The lowest BCUT2D eigenvalue weighted by molar-refractivity contribution is 0.779. The molecule has 0 aliphatic carbocycles. The average molecular weight is 243 g/mol. The summed E-state index contributed by atoms with van der Waals surface area (Å²) < 4.78 is 1.80. The average Bonchev–Trinajstić information content (AvgIpc) is 2.97. The van der Waals surface area contributed by atoms with Gasteiger partial charge in [-0.15, -0.1) is 5.10 Å². The summed E-state index contributed by atoms with van der Waals surface area (Å²) in [5.74, 6) is 1.33. The van der Waals surface area contributed by atoms with Crippen molar-refractivity contribution in [2.45, 2.75) is 19.9 Å². The number of anilines is 1. The predicted octanol–water partition coefficient (Wildman–Crippen LogP) is 1.33. The highest BCUT2D eigenvalue weighted by Gasteiger charge is 2.11. The highest BCUT2D eigenvalue weighted by molar-refractivity contribution is 5.44. The molecule has 3 aromatic rings. The lowest BCUT2D eigenvalue weighted by Gasteiger charge is -2.07. The van der Waals surface area contributed by atoms with Gasteiger partial charge in [-0.1, -0.05) is 6.07 Å². The first-order valence-corrected chi connectivity index (χ1v) is 5.68. The quantitative estimate of drug-likeness (QED) is 0.725. The van der Waals surface area contributed by atoms with Crippen LogP contribution in [0.2, 0.25) is 0 Å². The van der Waals surface area contributed by atoms with Crippen LogP contribution < -0.4 is 5.32 Å². The van der Waals surface area contributed by atoms with Crippen LogP contribution in [0.3, 0.4) is 0 Å². The number of hydrogen-bond donors (Lipinski definition) is 2. The Balaban J connectivity index is 1.89. The predicted molar refractivity (Wildman–Crippen MR) is 66.1 cm³/mol. The van der Waals surface area contributed by atoms with Crippen LogP contribution in [-0.4, -0.2) is 29.8 Å². The van der Waals surface area contributed by atoms with Crippen molar-refractivity contribution in [3.63, 3.8) is 0 Å². The maximum atomic E-state index is 4.40. The number of pyridine rings is 1. The molecule has 1 unspecified atom stereocenters. The summed E-state index contributed by atoms with van der Waals surface area (Å²) in [5.41, 5.74) is 1.86. The van der Waals surface area contributed by atoms with E-state index in [0.717, 1.165) is 17.2 Å². The van der Waals surface area contributed by atoms with Crippen LogP contribution in [0.15, 0.2) is 24.5 Å². The Morgan fingerprint density at radius 2 is 2.28 bits per heavy atom. The number of aryl methyl sites for hydroxylation is 1. The monoisotopic (exact) mass is 243 g/mol. The van der Waals surface area contributed by atoms with Crippen molar-refractivity contribution in [2.24, 2.45) is 0 Å². The second kappa shape index (κ2) is 4.10. The molecule has 2 N–H and O–H groups in total. The first-order valence-electron chi connectivity index (χ1n) is 5.68. The third kappa shape index (κ3) is 1.79. The fraction of sp³-hybridized carbons (Fsp3) is 0.273. The molecular formula is C11H13N7. The van der Waals surface area contributed by atoms with Crippen molar-refractivity contribution in [1.82, 2.24) is 29.8 Å². The van der Waals surface area contributed by atoms with Crippen molar-refractivity contribution in [1.29, 1.82) is 0 Å². The van der Waals surface area contributed by atoms with E-state index in [-0.39, 0.29) is 6.04 Å². The molecule has 0 aliphatic rings. The molecule has 0 aliphatic heterocycles. The van der Waals surface area contributed by atoms with E-state index < -0.39 is 0 Å². The van der Waals surface area contributed by atoms with Gasteiger partial charge < -0.3 is 5.32 Å². The Labute approximate surface area is 103 Å². The summed E-state index contributed by atoms with van der Waals surface area (Å²) in [6.45, 7) is 3.96. The van der Waals surface area contributed by atoms with Crippen LogP contribution in [0, 0.1) is 6.92 Å². The number of H-pyrrole nitrogens is 1. The zero-order chi connectivity index (χ0) is 12.5. The number of aromatic nitrogens is 6. The highest BCUT2D eigenvalue weighted by atomic mass is 15.4. The fourth-order valence-corrected chi connectivity index (χ4v) is 1.78. The molecule has 0 bridgehead atoms. The maximum absolute atomic E-state index is 4.40. The number of nitrogens with one attached hydrogen (secondary N) is 2. The molecule has 0 saturated carbocycles. The summed E-state index contributed by atoms with van der Waals surface area (Å²) >= 11 is 0. The third-order valence-corrected chi connectivity index (χ3v) is 2.74. The van der Waals surface area contributed by atoms with Crippen molar-refractivity contribution in [3.8, 4) is 0 Å². The molecule has 0 radical (unpaired) electrons. The van der Waals surface area contributed by atoms with E-state index in [1.807, 2.05) is 32.0 Å². The molecular weight excluding hydrogens is 230 g/mol. The number of nitrogens with zero attached hydrogens (tertiary/aromatic N) is 5. The Bertz CT molecular complexity index is 655. The Kier molecular flexibility index (Phi) is 2.44. The van der Waals surface area contributed by atoms with Gasteiger partial charge in [0.25, 0.3) is 0 Å². The van der Waals surface area contributed by atoms with Gasteiger partial charge in [-0.3, -0.25) is 5.10 Å². The molecule has 3 rings (SSSR count). The van der Waals surface area contributed by atoms with E-state index in [2.05, 4.69) is 30.6 Å². The van der Waals surface area contributed by atoms with E-state index in [4.69, 9.17) is 0 Å². The Morgan fingerprint density at radius 1 is 1.39 bits per heavy atom. The summed E-state index contributed by atoms with van der Waals surface area (Å²) in [7, 11) is 0. The van der Waals surface area contributed by atoms with E-state index in [9.17, 15) is 0 Å². The van der Waals surface area contributed by atoms with E-state index in [0.29, 0.717) is 5.95 Å². The molecule has 7 heteroatoms. The van der Waals surface area contributed by atoms with Gasteiger partial charge in [-0.2, -0.15) is 10.1 Å². The van der Waals surface area contributed by atoms with Crippen molar-refractivity contribution in [3.05, 3.63) is 36.0 Å². The lowest BCUT2D eigenvalue weighted by atomic mass is 10.3. The van der Waals surface area contributed by atoms with Gasteiger partial charge in [0.15, 0.2) is 5.65 Å². The smallest absolute Gasteiger partial charge is 0.243 e. The van der Waals surface area contributed by atoms with Crippen molar-refractivity contribution >= 4 is 11.6 Å². The second-order valence-corrected chi connectivity index (χ2v) is 4.11. The van der Waals surface area contributed by atoms with Crippen LogP contribution in [0.1, 0.15) is 24.5 Å². The minimum atomic E-state index is -0.0229. The van der Waals surface area contributed by atoms with Gasteiger partial charge in [-0.25, -0.2) is 9.50 Å². The maximum Gasteiger partial charge on any atom is 0.243 e. The van der Waals surface area contributed by atoms with E-state index in [1.54, 1.807) is 4.52 Å². The molecule has 1 atom stereocenters. The number of fused-ring (bicyclic) bond motifs is 1. The van der Waals surface area contributed by atoms with Gasteiger partial charge in [0.1, 0.15) is 12.2 Å². The van der Waals surface area contributed by atoms with Crippen molar-refractivity contribution < 1.29 is 0 Å². The summed E-state index contributed by atoms with van der Waals surface area (Å²) in [6.07, 6.45) is 1.48. The van der Waals surface area contributed by atoms with Crippen LogP contribution in [0.4, 0.5) is 5.95 Å². The standard InChI is InChI=1S/C11H13N7/c1-7-4-3-5-9-15-11(17-18(7)9)14-8(2)10-12-6-13-16-10/h3-6,8H,1-2H3,(H,14,17)(H,12,13,16). The van der Waals surface area contributed by atoms with Crippen molar-refractivity contribution in [2.75, 3.05) is 5.32 Å². The summed E-state index contributed by atoms with van der Waals surface area (Å²) in [5, 5.41) is 14.2. The largest absolute Gasteiger partial charge is 0.343 e. The van der Waals surface area contributed by atoms with Crippen LogP contribution >= 0.6 is 0 Å². The molecule has 92 valence electrons. The Hall–Kier alpha value is -2.44. The summed E-state index contributed by atoms with van der Waals surface area (Å²) in [6, 6.07) is 5.85. The minimum absolute atomic E-state index is 0.0229. The second-order valence-electron chi connectivity index (χ2n) is 4.11. The third-order valence-electron chi connectivity index (χ3n) is 2.74. The summed E-state index contributed by atoms with van der Waals surface area (Å²) in [4.78, 5) is 8.49. The van der Waals surface area contributed by atoms with Crippen LogP contribution in [0.5, 0.6) is 0 Å². The normalized spacial score (nSPS) is 12.8. The molecule has 0 aromatic carbocycles. The van der Waals surface area contributed by atoms with Crippen LogP contribution in [0.25, 0.3) is 5.65 Å². The zero-order valence-corrected chi connectivity index (χ0v) is 10.1. The van der Waals surface area contributed by atoms with Gasteiger partial charge in [0.2, 0.25) is 5.95 Å². The van der Waals surface area contributed by atoms with E-state index in [1.165, 1.54) is 6.33 Å². The molecule has 3 aromatic heterocycles. The van der Waals surface area contributed by atoms with Gasteiger partial charge in [-0.05, 0) is 26.0 Å². The fourth-order valence-electron chi connectivity index (χ4n) is 1.78. The lowest BCUT2D eigenvalue weighted by Crippen LogP contribution is -2.09. The molecule has 0 fully saturated rings. The molecule has 18 heavy (non-hydrogen) atoms. The molecule has 0 spiro atoms. The SMILES string of the molecule is Cc1cccc2nc(NC(C)c3ncn[nH]3)nn12. The topological polar surface area (TPSA) is 83.8 Å². The van der Waals surface area contributed by atoms with Gasteiger partial charge >= 0.3 is 0 Å². The highest BCUT2D eigenvalue weighted by Crippen LogP contribution is 2.14. The number of rotatable bonds is 3. The van der Waals surface area contributed by atoms with Gasteiger partial charge in [0.05, 0.1) is 6.04 Å². The minimum Gasteiger partial charge on any atom is -0.343 e. The van der Waals surface area contributed by atoms with Gasteiger partial charge in [0, 0.05) is 5.69 Å². The van der Waals surface area contributed by atoms with Crippen LogP contribution in [-0.2, 0) is 0 Å². The molecule has 0 saturated heterocycles. The van der Waals surface area contributed by atoms with E-state index >= 15 is 0 Å². The Morgan fingerprint density at radius 3 is 3.00 bits per heavy atom.